The first-order chi connectivity index (χ1) is 6.36. The molecule has 0 radical (unpaired) electrons. The minimum atomic E-state index is -3.64. The monoisotopic (exact) mass is 214 g/mol. The summed E-state index contributed by atoms with van der Waals surface area (Å²) in [4.78, 5) is 0.165. The fourth-order valence-electron chi connectivity index (χ4n) is 1.31. The first-order valence-corrected chi connectivity index (χ1v) is 5.74. The highest BCUT2D eigenvalue weighted by molar-refractivity contribution is 7.89. The molecule has 0 atom stereocenters. The molecule has 0 bridgehead atoms. The zero-order valence-electron chi connectivity index (χ0n) is 8.24. The summed E-state index contributed by atoms with van der Waals surface area (Å²) < 4.78 is 22.4. The molecule has 0 aliphatic carbocycles. The van der Waals surface area contributed by atoms with Gasteiger partial charge in [0.05, 0.1) is 4.90 Å². The molecule has 4 nitrogen and oxygen atoms in total. The van der Waals surface area contributed by atoms with Crippen molar-refractivity contribution in [3.05, 3.63) is 28.8 Å². The van der Waals surface area contributed by atoms with Crippen LogP contribution >= 0.6 is 0 Å². The summed E-state index contributed by atoms with van der Waals surface area (Å²) in [5, 5.41) is 5.08. The highest BCUT2D eigenvalue weighted by atomic mass is 32.2. The number of hydrogen-bond acceptors (Lipinski definition) is 3. The largest absolute Gasteiger partial charge is 0.326 e. The topological polar surface area (TPSA) is 86.2 Å². The smallest absolute Gasteiger partial charge is 0.238 e. The minimum Gasteiger partial charge on any atom is -0.326 e. The van der Waals surface area contributed by atoms with E-state index in [2.05, 4.69) is 0 Å². The fourth-order valence-corrected chi connectivity index (χ4v) is 2.22. The Morgan fingerprint density at radius 2 is 1.86 bits per heavy atom. The molecule has 14 heavy (non-hydrogen) atoms. The summed E-state index contributed by atoms with van der Waals surface area (Å²) in [5.74, 6) is 0. The van der Waals surface area contributed by atoms with E-state index in [1.54, 1.807) is 6.92 Å². The molecule has 0 saturated carbocycles. The maximum absolute atomic E-state index is 11.2. The van der Waals surface area contributed by atoms with E-state index in [1.807, 2.05) is 13.0 Å². The molecule has 0 fully saturated rings. The Morgan fingerprint density at radius 3 is 2.29 bits per heavy atom. The number of benzene rings is 1. The summed E-state index contributed by atoms with van der Waals surface area (Å²) in [5.41, 5.74) is 7.79. The maximum atomic E-state index is 11.2. The number of hydrogen-bond donors (Lipinski definition) is 2. The Kier molecular flexibility index (Phi) is 2.94. The van der Waals surface area contributed by atoms with E-state index in [9.17, 15) is 8.42 Å². The summed E-state index contributed by atoms with van der Waals surface area (Å²) in [6.45, 7) is 3.88. The number of rotatable bonds is 2. The summed E-state index contributed by atoms with van der Waals surface area (Å²) >= 11 is 0. The normalized spacial score (nSPS) is 11.7. The van der Waals surface area contributed by atoms with Gasteiger partial charge in [0.25, 0.3) is 0 Å². The number of sulfonamides is 1. The van der Waals surface area contributed by atoms with E-state index in [4.69, 9.17) is 10.9 Å². The molecule has 0 aliphatic heterocycles. The highest BCUT2D eigenvalue weighted by Gasteiger charge is 2.13. The van der Waals surface area contributed by atoms with Crippen LogP contribution in [0, 0.1) is 13.8 Å². The van der Waals surface area contributed by atoms with E-state index < -0.39 is 10.0 Å². The van der Waals surface area contributed by atoms with Crippen LogP contribution in [0.4, 0.5) is 0 Å². The second kappa shape index (κ2) is 3.68. The van der Waals surface area contributed by atoms with Crippen LogP contribution in [0.3, 0.4) is 0 Å². The van der Waals surface area contributed by atoms with Crippen molar-refractivity contribution < 1.29 is 8.42 Å². The van der Waals surface area contributed by atoms with Gasteiger partial charge in [-0.05, 0) is 36.6 Å². The van der Waals surface area contributed by atoms with Crippen LogP contribution in [0.2, 0.25) is 0 Å². The Morgan fingerprint density at radius 1 is 1.29 bits per heavy atom. The van der Waals surface area contributed by atoms with Crippen LogP contribution in [0.15, 0.2) is 17.0 Å². The second-order valence-electron chi connectivity index (χ2n) is 3.28. The van der Waals surface area contributed by atoms with Crippen molar-refractivity contribution in [1.82, 2.24) is 0 Å². The van der Waals surface area contributed by atoms with Gasteiger partial charge in [-0.1, -0.05) is 6.07 Å². The van der Waals surface area contributed by atoms with Crippen LogP contribution in [0.5, 0.6) is 0 Å². The Balaban J connectivity index is 3.51. The van der Waals surface area contributed by atoms with Crippen LogP contribution in [0.1, 0.15) is 16.7 Å². The molecule has 0 heterocycles. The van der Waals surface area contributed by atoms with Gasteiger partial charge in [0.2, 0.25) is 10.0 Å². The quantitative estimate of drug-likeness (QED) is 0.747. The van der Waals surface area contributed by atoms with Gasteiger partial charge in [-0.25, -0.2) is 13.6 Å². The van der Waals surface area contributed by atoms with Gasteiger partial charge < -0.3 is 5.73 Å². The zero-order valence-corrected chi connectivity index (χ0v) is 9.06. The standard InChI is InChI=1S/C9H14N2O2S/c1-6-3-8(5-10)4-9(7(6)2)14(11,12)13/h3-4H,5,10H2,1-2H3,(H2,11,12,13). The Hall–Kier alpha value is -0.910. The molecule has 1 aromatic carbocycles. The number of nitrogens with two attached hydrogens (primary N) is 2. The van der Waals surface area contributed by atoms with Crippen LogP contribution in [0.25, 0.3) is 0 Å². The van der Waals surface area contributed by atoms with Crippen LogP contribution < -0.4 is 10.9 Å². The molecular formula is C9H14N2O2S. The molecule has 0 saturated heterocycles. The van der Waals surface area contributed by atoms with Gasteiger partial charge in [-0.15, -0.1) is 0 Å². The van der Waals surface area contributed by atoms with Gasteiger partial charge >= 0.3 is 0 Å². The molecule has 1 aromatic rings. The predicted molar refractivity (Wildman–Crippen MR) is 55.2 cm³/mol. The van der Waals surface area contributed by atoms with E-state index in [0.717, 1.165) is 11.1 Å². The van der Waals surface area contributed by atoms with Gasteiger partial charge in [0.1, 0.15) is 0 Å². The SMILES string of the molecule is Cc1cc(CN)cc(S(N)(=O)=O)c1C. The Labute approximate surface area is 84.0 Å². The molecule has 0 unspecified atom stereocenters. The molecular weight excluding hydrogens is 200 g/mol. The zero-order chi connectivity index (χ0) is 10.9. The van der Waals surface area contributed by atoms with Crippen molar-refractivity contribution in [1.29, 1.82) is 0 Å². The van der Waals surface area contributed by atoms with Crippen LogP contribution in [-0.4, -0.2) is 8.42 Å². The first kappa shape index (κ1) is 11.2. The third-order valence-corrected chi connectivity index (χ3v) is 3.26. The van der Waals surface area contributed by atoms with Crippen molar-refractivity contribution in [3.63, 3.8) is 0 Å². The number of aryl methyl sites for hydroxylation is 1. The summed E-state index contributed by atoms with van der Waals surface area (Å²) in [6, 6.07) is 3.39. The maximum Gasteiger partial charge on any atom is 0.238 e. The van der Waals surface area contributed by atoms with Gasteiger partial charge in [-0.3, -0.25) is 0 Å². The fraction of sp³-hybridized carbons (Fsp3) is 0.333. The van der Waals surface area contributed by atoms with Gasteiger partial charge in [0, 0.05) is 6.54 Å². The lowest BCUT2D eigenvalue weighted by atomic mass is 10.1. The van der Waals surface area contributed by atoms with Gasteiger partial charge in [0.15, 0.2) is 0 Å². The Bertz CT molecular complexity index is 452. The molecule has 5 heteroatoms. The van der Waals surface area contributed by atoms with Crippen LogP contribution in [-0.2, 0) is 16.6 Å². The van der Waals surface area contributed by atoms with Crippen molar-refractivity contribution in [2.24, 2.45) is 10.9 Å². The lowest BCUT2D eigenvalue weighted by Gasteiger charge is -2.09. The summed E-state index contributed by atoms with van der Waals surface area (Å²) in [6.07, 6.45) is 0. The lowest BCUT2D eigenvalue weighted by molar-refractivity contribution is 0.597. The molecule has 0 aliphatic rings. The minimum absolute atomic E-state index is 0.165. The van der Waals surface area contributed by atoms with Gasteiger partial charge in [-0.2, -0.15) is 0 Å². The van der Waals surface area contributed by atoms with Crippen molar-refractivity contribution >= 4 is 10.0 Å². The lowest BCUT2D eigenvalue weighted by Crippen LogP contribution is -2.15. The second-order valence-corrected chi connectivity index (χ2v) is 4.81. The van der Waals surface area contributed by atoms with E-state index in [-0.39, 0.29) is 4.90 Å². The van der Waals surface area contributed by atoms with Crippen molar-refractivity contribution in [2.75, 3.05) is 0 Å². The molecule has 0 amide bonds. The molecule has 0 aromatic heterocycles. The number of primary sulfonamides is 1. The molecule has 78 valence electrons. The average Bonchev–Trinajstić information content (AvgIpc) is 2.07. The average molecular weight is 214 g/mol. The van der Waals surface area contributed by atoms with E-state index in [0.29, 0.717) is 12.1 Å². The highest BCUT2D eigenvalue weighted by Crippen LogP contribution is 2.19. The molecule has 4 N–H and O–H groups in total. The summed E-state index contributed by atoms with van der Waals surface area (Å²) in [7, 11) is -3.64. The van der Waals surface area contributed by atoms with E-state index >= 15 is 0 Å². The third-order valence-electron chi connectivity index (χ3n) is 2.22. The molecule has 0 spiro atoms. The molecule has 1 rings (SSSR count). The van der Waals surface area contributed by atoms with Crippen molar-refractivity contribution in [2.45, 2.75) is 25.3 Å². The third kappa shape index (κ3) is 2.12. The predicted octanol–water partition coefficient (Wildman–Crippen LogP) is 0.410. The van der Waals surface area contributed by atoms with Crippen molar-refractivity contribution in [3.8, 4) is 0 Å². The van der Waals surface area contributed by atoms with E-state index in [1.165, 1.54) is 6.07 Å². The first-order valence-electron chi connectivity index (χ1n) is 4.19.